The van der Waals surface area contributed by atoms with Gasteiger partial charge in [-0.3, -0.25) is 0 Å². The van der Waals surface area contributed by atoms with Gasteiger partial charge in [-0.2, -0.15) is 5.10 Å². The maximum Gasteiger partial charge on any atom is 0.129 e. The van der Waals surface area contributed by atoms with Crippen LogP contribution in [0.15, 0.2) is 17.2 Å². The summed E-state index contributed by atoms with van der Waals surface area (Å²) in [6.07, 6.45) is 1.68. The first kappa shape index (κ1) is 10.1. The summed E-state index contributed by atoms with van der Waals surface area (Å²) in [5.74, 6) is -0.143. The number of hydrogen-bond acceptors (Lipinski definition) is 2. The van der Waals surface area contributed by atoms with Crippen molar-refractivity contribution in [3.63, 3.8) is 0 Å². The van der Waals surface area contributed by atoms with Gasteiger partial charge in [0.15, 0.2) is 0 Å². The third-order valence-electron chi connectivity index (χ3n) is 2.65. The van der Waals surface area contributed by atoms with Gasteiger partial charge < -0.3 is 5.43 Å². The highest BCUT2D eigenvalue weighted by atomic mass is 19.1. The van der Waals surface area contributed by atoms with Crippen LogP contribution >= 0.6 is 0 Å². The zero-order valence-electron chi connectivity index (χ0n) is 9.26. The molecule has 1 N–H and O–H groups in total. The van der Waals surface area contributed by atoms with Crippen LogP contribution in [-0.2, 0) is 12.0 Å². The Balaban J connectivity index is 2.56. The Morgan fingerprint density at radius 3 is 2.73 bits per heavy atom. The van der Waals surface area contributed by atoms with E-state index in [4.69, 9.17) is 0 Å². The van der Waals surface area contributed by atoms with Crippen molar-refractivity contribution in [2.45, 2.75) is 32.7 Å². The third-order valence-corrected chi connectivity index (χ3v) is 2.65. The molecular formula is C12H15FN2. The normalized spacial score (nSPS) is 14.7. The molecule has 15 heavy (non-hydrogen) atoms. The number of nitrogens with one attached hydrogen (secondary N) is 1. The van der Waals surface area contributed by atoms with Crippen LogP contribution in [0, 0.1) is 5.82 Å². The van der Waals surface area contributed by atoms with E-state index >= 15 is 0 Å². The van der Waals surface area contributed by atoms with Gasteiger partial charge in [0, 0.05) is 11.1 Å². The molecule has 0 atom stereocenters. The Morgan fingerprint density at radius 1 is 1.33 bits per heavy atom. The largest absolute Gasteiger partial charge is 0.306 e. The van der Waals surface area contributed by atoms with Crippen LogP contribution in [0.5, 0.6) is 0 Å². The van der Waals surface area contributed by atoms with E-state index in [0.717, 1.165) is 11.1 Å². The smallest absolute Gasteiger partial charge is 0.129 e. The first-order chi connectivity index (χ1) is 6.98. The summed E-state index contributed by atoms with van der Waals surface area (Å²) in [4.78, 5) is 0. The molecule has 0 spiro atoms. The van der Waals surface area contributed by atoms with Crippen LogP contribution in [0.1, 0.15) is 37.5 Å². The molecule has 0 amide bonds. The van der Waals surface area contributed by atoms with Gasteiger partial charge in [-0.15, -0.1) is 0 Å². The molecular weight excluding hydrogens is 191 g/mol. The number of rotatable bonds is 0. The van der Waals surface area contributed by atoms with E-state index < -0.39 is 0 Å². The fourth-order valence-electron chi connectivity index (χ4n) is 1.63. The van der Waals surface area contributed by atoms with Crippen molar-refractivity contribution in [1.82, 2.24) is 5.43 Å². The highest BCUT2D eigenvalue weighted by molar-refractivity contribution is 5.83. The minimum absolute atomic E-state index is 0.0331. The lowest BCUT2D eigenvalue weighted by Gasteiger charge is -2.22. The molecule has 0 saturated heterocycles. The number of hydrogen-bond donors (Lipinski definition) is 1. The molecule has 80 valence electrons. The quantitative estimate of drug-likeness (QED) is 0.693. The van der Waals surface area contributed by atoms with Crippen molar-refractivity contribution in [3.05, 3.63) is 34.6 Å². The Kier molecular flexibility index (Phi) is 2.25. The lowest BCUT2D eigenvalue weighted by atomic mass is 9.85. The van der Waals surface area contributed by atoms with E-state index in [-0.39, 0.29) is 11.2 Å². The summed E-state index contributed by atoms with van der Waals surface area (Å²) in [5, 5.41) is 3.94. The Morgan fingerprint density at radius 2 is 2.07 bits per heavy atom. The lowest BCUT2D eigenvalue weighted by Crippen LogP contribution is -2.18. The summed E-state index contributed by atoms with van der Waals surface area (Å²) >= 11 is 0. The van der Waals surface area contributed by atoms with E-state index in [0.29, 0.717) is 12.1 Å². The van der Waals surface area contributed by atoms with Crippen LogP contribution in [-0.4, -0.2) is 6.21 Å². The fraction of sp³-hybridized carbons (Fsp3) is 0.417. The summed E-state index contributed by atoms with van der Waals surface area (Å²) in [7, 11) is 0. The molecule has 2 nitrogen and oxygen atoms in total. The van der Waals surface area contributed by atoms with Gasteiger partial charge >= 0.3 is 0 Å². The van der Waals surface area contributed by atoms with E-state index in [1.807, 2.05) is 6.07 Å². The molecule has 0 aromatic heterocycles. The third kappa shape index (κ3) is 1.87. The number of benzene rings is 1. The maximum atomic E-state index is 13.8. The highest BCUT2D eigenvalue weighted by Crippen LogP contribution is 2.26. The van der Waals surface area contributed by atoms with Crippen molar-refractivity contribution < 1.29 is 4.39 Å². The Labute approximate surface area is 89.2 Å². The molecule has 0 fully saturated rings. The molecule has 0 unspecified atom stereocenters. The lowest BCUT2D eigenvalue weighted by molar-refractivity contribution is 0.558. The van der Waals surface area contributed by atoms with Gasteiger partial charge in [0.05, 0.1) is 12.8 Å². The molecule has 2 rings (SSSR count). The first-order valence-electron chi connectivity index (χ1n) is 5.07. The number of fused-ring (bicyclic) bond motifs is 1. The molecule has 1 aromatic rings. The molecule has 0 bridgehead atoms. The fourth-order valence-corrected chi connectivity index (χ4v) is 1.63. The van der Waals surface area contributed by atoms with Crippen molar-refractivity contribution in [2.75, 3.05) is 0 Å². The Hall–Kier alpha value is -1.38. The van der Waals surface area contributed by atoms with Gasteiger partial charge in [-0.1, -0.05) is 20.8 Å². The van der Waals surface area contributed by atoms with E-state index in [9.17, 15) is 4.39 Å². The van der Waals surface area contributed by atoms with Crippen molar-refractivity contribution in [1.29, 1.82) is 0 Å². The molecule has 3 heteroatoms. The van der Waals surface area contributed by atoms with E-state index in [1.165, 1.54) is 0 Å². The molecule has 1 aromatic carbocycles. The minimum atomic E-state index is -0.143. The first-order valence-corrected chi connectivity index (χ1v) is 5.07. The van der Waals surface area contributed by atoms with Gasteiger partial charge in [-0.25, -0.2) is 4.39 Å². The zero-order valence-corrected chi connectivity index (χ0v) is 9.26. The van der Waals surface area contributed by atoms with Crippen LogP contribution in [0.4, 0.5) is 4.39 Å². The van der Waals surface area contributed by atoms with Crippen LogP contribution in [0.25, 0.3) is 0 Å². The average Bonchev–Trinajstić information content (AvgIpc) is 2.16. The molecule has 1 aliphatic rings. The minimum Gasteiger partial charge on any atom is -0.306 e. The predicted molar refractivity (Wildman–Crippen MR) is 59.5 cm³/mol. The molecule has 0 aliphatic carbocycles. The standard InChI is InChI=1S/C12H15FN2/c1-12(2,3)9-4-8-6-14-15-7-10(8)11(13)5-9/h4-6,15H,7H2,1-3H3. The summed E-state index contributed by atoms with van der Waals surface area (Å²) < 4.78 is 13.8. The summed E-state index contributed by atoms with van der Waals surface area (Å²) in [6.45, 7) is 6.70. The summed E-state index contributed by atoms with van der Waals surface area (Å²) in [5.41, 5.74) is 5.34. The zero-order chi connectivity index (χ0) is 11.1. The van der Waals surface area contributed by atoms with Gasteiger partial charge in [0.1, 0.15) is 5.82 Å². The molecule has 0 saturated carbocycles. The van der Waals surface area contributed by atoms with Crippen molar-refractivity contribution >= 4 is 6.21 Å². The SMILES string of the molecule is CC(C)(C)c1cc(F)c2c(c1)C=NNC2. The van der Waals surface area contributed by atoms with Gasteiger partial charge in [0.25, 0.3) is 0 Å². The number of nitrogens with zero attached hydrogens (tertiary/aromatic N) is 1. The average molecular weight is 206 g/mol. The van der Waals surface area contributed by atoms with Crippen LogP contribution in [0.3, 0.4) is 0 Å². The van der Waals surface area contributed by atoms with E-state index in [2.05, 4.69) is 31.3 Å². The number of halogens is 1. The molecule has 1 heterocycles. The van der Waals surface area contributed by atoms with E-state index in [1.54, 1.807) is 12.3 Å². The second-order valence-electron chi connectivity index (χ2n) is 4.87. The molecule has 0 radical (unpaired) electrons. The van der Waals surface area contributed by atoms with Gasteiger partial charge in [0.2, 0.25) is 0 Å². The summed E-state index contributed by atoms with van der Waals surface area (Å²) in [6, 6.07) is 3.64. The molecule has 1 aliphatic heterocycles. The Bertz CT molecular complexity index is 416. The van der Waals surface area contributed by atoms with Crippen molar-refractivity contribution in [3.8, 4) is 0 Å². The number of hydrazone groups is 1. The maximum absolute atomic E-state index is 13.8. The highest BCUT2D eigenvalue weighted by Gasteiger charge is 2.19. The van der Waals surface area contributed by atoms with Crippen LogP contribution in [0.2, 0.25) is 0 Å². The van der Waals surface area contributed by atoms with Crippen molar-refractivity contribution in [2.24, 2.45) is 5.10 Å². The van der Waals surface area contributed by atoms with Crippen LogP contribution < -0.4 is 5.43 Å². The second kappa shape index (κ2) is 3.33. The topological polar surface area (TPSA) is 24.4 Å². The monoisotopic (exact) mass is 206 g/mol. The van der Waals surface area contributed by atoms with Gasteiger partial charge in [-0.05, 0) is 23.1 Å². The predicted octanol–water partition coefficient (Wildman–Crippen LogP) is 2.56. The second-order valence-corrected chi connectivity index (χ2v) is 4.87.